The highest BCUT2D eigenvalue weighted by atomic mass is 35.5. The molecule has 1 amide bonds. The van der Waals surface area contributed by atoms with Crippen LogP contribution < -0.4 is 11.1 Å². The van der Waals surface area contributed by atoms with Gasteiger partial charge in [0, 0.05) is 31.2 Å². The summed E-state index contributed by atoms with van der Waals surface area (Å²) in [6, 6.07) is 6.24. The zero-order chi connectivity index (χ0) is 19.9. The van der Waals surface area contributed by atoms with Crippen LogP contribution in [0, 0.1) is 0 Å². The third-order valence-electron chi connectivity index (χ3n) is 5.39. The van der Waals surface area contributed by atoms with Crippen LogP contribution in [0.4, 0.5) is 0 Å². The lowest BCUT2D eigenvalue weighted by molar-refractivity contribution is 0.0935. The number of rotatable bonds is 9. The Balaban J connectivity index is 0.00000392. The van der Waals surface area contributed by atoms with E-state index in [1.54, 1.807) is 25.2 Å². The van der Waals surface area contributed by atoms with E-state index in [0.29, 0.717) is 12.1 Å². The lowest BCUT2D eigenvalue weighted by atomic mass is 9.96. The van der Waals surface area contributed by atoms with Crippen LogP contribution in [-0.2, 0) is 10.0 Å². The van der Waals surface area contributed by atoms with Crippen molar-refractivity contribution < 1.29 is 13.2 Å². The molecule has 6 nitrogen and oxygen atoms in total. The molecule has 0 spiro atoms. The van der Waals surface area contributed by atoms with Crippen LogP contribution in [0.25, 0.3) is 0 Å². The highest BCUT2D eigenvalue weighted by Gasteiger charge is 2.29. The maximum atomic E-state index is 13.0. The summed E-state index contributed by atoms with van der Waals surface area (Å²) in [6.45, 7) is 2.46. The quantitative estimate of drug-likeness (QED) is 0.627. The Labute approximate surface area is 175 Å². The van der Waals surface area contributed by atoms with Gasteiger partial charge in [0.25, 0.3) is 5.91 Å². The number of carbonyl (C=O) groups is 1. The first kappa shape index (κ1) is 24.9. The molecule has 1 fully saturated rings. The summed E-state index contributed by atoms with van der Waals surface area (Å²) in [6.07, 6.45) is 7.92. The number of carbonyl (C=O) groups excluding carboxylic acids is 1. The van der Waals surface area contributed by atoms with Gasteiger partial charge in [0.05, 0.1) is 4.90 Å². The van der Waals surface area contributed by atoms with Crippen LogP contribution in [-0.4, -0.2) is 44.3 Å². The Morgan fingerprint density at radius 1 is 1.29 bits per heavy atom. The number of nitrogens with one attached hydrogen (secondary N) is 1. The van der Waals surface area contributed by atoms with E-state index in [9.17, 15) is 13.2 Å². The molecule has 0 saturated heterocycles. The fraction of sp³-hybridized carbons (Fsp3) is 0.650. The molecule has 28 heavy (non-hydrogen) atoms. The minimum absolute atomic E-state index is 0. The number of nitrogens with two attached hydrogens (primary N) is 1. The largest absolute Gasteiger partial charge is 0.348 e. The summed E-state index contributed by atoms with van der Waals surface area (Å²) in [5.74, 6) is -0.279. The monoisotopic (exact) mass is 431 g/mol. The predicted octanol–water partition coefficient (Wildman–Crippen LogP) is 3.31. The fourth-order valence-corrected chi connectivity index (χ4v) is 5.04. The second kappa shape index (κ2) is 11.8. The molecule has 8 heteroatoms. The van der Waals surface area contributed by atoms with E-state index in [1.165, 1.54) is 16.8 Å². The summed E-state index contributed by atoms with van der Waals surface area (Å²) in [5, 5.41) is 2.92. The van der Waals surface area contributed by atoms with Gasteiger partial charge in [0.2, 0.25) is 10.0 Å². The number of hydrogen-bond donors (Lipinski definition) is 2. The van der Waals surface area contributed by atoms with Crippen molar-refractivity contribution in [1.29, 1.82) is 0 Å². The van der Waals surface area contributed by atoms with Crippen molar-refractivity contribution >= 4 is 28.3 Å². The van der Waals surface area contributed by atoms with Gasteiger partial charge in [-0.25, -0.2) is 8.42 Å². The second-order valence-corrected chi connectivity index (χ2v) is 9.39. The number of amides is 1. The standard InChI is InChI=1S/C20H33N3O3S.ClH/c1-3-4-10-17(15-21)22-20(24)16-9-8-13-19(14-16)27(25,26)23(2)18-11-6-5-7-12-18;/h8-9,13-14,17-18H,3-7,10-12,15,21H2,1-2H3,(H,22,24);1H. The maximum Gasteiger partial charge on any atom is 0.251 e. The van der Waals surface area contributed by atoms with Gasteiger partial charge in [-0.2, -0.15) is 4.31 Å². The molecule has 1 saturated carbocycles. The molecule has 0 bridgehead atoms. The smallest absolute Gasteiger partial charge is 0.251 e. The topological polar surface area (TPSA) is 92.5 Å². The van der Waals surface area contributed by atoms with E-state index in [0.717, 1.165) is 44.9 Å². The second-order valence-electron chi connectivity index (χ2n) is 7.39. The van der Waals surface area contributed by atoms with Crippen molar-refractivity contribution in [2.24, 2.45) is 5.73 Å². The Morgan fingerprint density at radius 3 is 2.57 bits per heavy atom. The summed E-state index contributed by atoms with van der Waals surface area (Å²) < 4.78 is 27.5. The van der Waals surface area contributed by atoms with E-state index in [1.807, 2.05) is 0 Å². The lowest BCUT2D eigenvalue weighted by Crippen LogP contribution is -2.40. The van der Waals surface area contributed by atoms with Gasteiger partial charge < -0.3 is 11.1 Å². The van der Waals surface area contributed by atoms with Crippen molar-refractivity contribution in [3.05, 3.63) is 29.8 Å². The van der Waals surface area contributed by atoms with Gasteiger partial charge >= 0.3 is 0 Å². The van der Waals surface area contributed by atoms with Gasteiger partial charge in [0.15, 0.2) is 0 Å². The predicted molar refractivity (Wildman–Crippen MR) is 115 cm³/mol. The van der Waals surface area contributed by atoms with E-state index in [-0.39, 0.29) is 35.3 Å². The van der Waals surface area contributed by atoms with Crippen LogP contribution in [0.5, 0.6) is 0 Å². The minimum Gasteiger partial charge on any atom is -0.348 e. The molecule has 1 aromatic rings. The lowest BCUT2D eigenvalue weighted by Gasteiger charge is -2.30. The molecule has 0 aromatic heterocycles. The molecule has 0 radical (unpaired) electrons. The van der Waals surface area contributed by atoms with Crippen LogP contribution in [0.3, 0.4) is 0 Å². The molecule has 160 valence electrons. The van der Waals surface area contributed by atoms with E-state index < -0.39 is 10.0 Å². The molecule has 1 aliphatic carbocycles. The average Bonchev–Trinajstić information content (AvgIpc) is 2.71. The Kier molecular flexibility index (Phi) is 10.4. The number of hydrogen-bond acceptors (Lipinski definition) is 4. The summed E-state index contributed by atoms with van der Waals surface area (Å²) in [4.78, 5) is 12.7. The fourth-order valence-electron chi connectivity index (χ4n) is 3.57. The van der Waals surface area contributed by atoms with Crippen molar-refractivity contribution in [2.75, 3.05) is 13.6 Å². The molecular formula is C20H34ClN3O3S. The number of sulfonamides is 1. The van der Waals surface area contributed by atoms with Gasteiger partial charge in [-0.3, -0.25) is 4.79 Å². The molecule has 1 aromatic carbocycles. The molecule has 1 aliphatic rings. The van der Waals surface area contributed by atoms with Crippen molar-refractivity contribution in [3.8, 4) is 0 Å². The normalized spacial score (nSPS) is 16.4. The first-order chi connectivity index (χ1) is 12.9. The molecule has 0 heterocycles. The van der Waals surface area contributed by atoms with Crippen molar-refractivity contribution in [1.82, 2.24) is 9.62 Å². The molecular weight excluding hydrogens is 398 g/mol. The number of nitrogens with zero attached hydrogens (tertiary/aromatic N) is 1. The van der Waals surface area contributed by atoms with Crippen LogP contribution in [0.1, 0.15) is 68.6 Å². The molecule has 1 unspecified atom stereocenters. The SMILES string of the molecule is CCCCC(CN)NC(=O)c1cccc(S(=O)(=O)N(C)C2CCCCC2)c1.Cl. The number of benzene rings is 1. The maximum absolute atomic E-state index is 13.0. The number of unbranched alkanes of at least 4 members (excludes halogenated alkanes) is 1. The highest BCUT2D eigenvalue weighted by molar-refractivity contribution is 7.89. The van der Waals surface area contributed by atoms with Gasteiger partial charge in [0.1, 0.15) is 0 Å². The Morgan fingerprint density at radius 2 is 1.96 bits per heavy atom. The van der Waals surface area contributed by atoms with E-state index in [2.05, 4.69) is 12.2 Å². The van der Waals surface area contributed by atoms with E-state index in [4.69, 9.17) is 5.73 Å². The first-order valence-corrected chi connectivity index (χ1v) is 11.4. The van der Waals surface area contributed by atoms with Crippen molar-refractivity contribution in [3.63, 3.8) is 0 Å². The van der Waals surface area contributed by atoms with Crippen LogP contribution >= 0.6 is 12.4 Å². The van der Waals surface area contributed by atoms with Gasteiger partial charge in [-0.05, 0) is 37.5 Å². The Hall–Kier alpha value is -1.15. The number of halogens is 1. The summed E-state index contributed by atoms with van der Waals surface area (Å²) in [7, 11) is -1.97. The summed E-state index contributed by atoms with van der Waals surface area (Å²) >= 11 is 0. The Bertz CT molecular complexity index is 721. The highest BCUT2D eigenvalue weighted by Crippen LogP contribution is 2.26. The van der Waals surface area contributed by atoms with Crippen molar-refractivity contribution in [2.45, 2.75) is 75.3 Å². The molecule has 1 atom stereocenters. The van der Waals surface area contributed by atoms with Gasteiger partial charge in [-0.1, -0.05) is 45.1 Å². The molecule has 3 N–H and O–H groups in total. The van der Waals surface area contributed by atoms with Crippen LogP contribution in [0.15, 0.2) is 29.2 Å². The third kappa shape index (κ3) is 6.44. The van der Waals surface area contributed by atoms with E-state index >= 15 is 0 Å². The molecule has 2 rings (SSSR count). The summed E-state index contributed by atoms with van der Waals surface area (Å²) in [5.41, 5.74) is 6.09. The van der Waals surface area contributed by atoms with Crippen LogP contribution in [0.2, 0.25) is 0 Å². The zero-order valence-electron chi connectivity index (χ0n) is 16.9. The van der Waals surface area contributed by atoms with Gasteiger partial charge in [-0.15, -0.1) is 12.4 Å². The zero-order valence-corrected chi connectivity index (χ0v) is 18.5. The molecule has 0 aliphatic heterocycles. The minimum atomic E-state index is -3.61. The third-order valence-corrected chi connectivity index (χ3v) is 7.29. The first-order valence-electron chi connectivity index (χ1n) is 9.99. The average molecular weight is 432 g/mol.